The first-order chi connectivity index (χ1) is 12.9. The summed E-state index contributed by atoms with van der Waals surface area (Å²) < 4.78 is 26.8. The quantitative estimate of drug-likeness (QED) is 0.672. The fraction of sp³-hybridized carbons (Fsp3) is 0.176. The maximum atomic E-state index is 12.3. The second-order valence-electron chi connectivity index (χ2n) is 5.85. The van der Waals surface area contributed by atoms with Crippen molar-refractivity contribution < 1.29 is 13.2 Å². The maximum absolute atomic E-state index is 12.3. The van der Waals surface area contributed by atoms with Gasteiger partial charge in [-0.25, -0.2) is 17.4 Å². The molecule has 1 N–H and O–H groups in total. The highest BCUT2D eigenvalue weighted by Crippen LogP contribution is 2.14. The van der Waals surface area contributed by atoms with Crippen molar-refractivity contribution in [2.45, 2.75) is 11.4 Å². The Morgan fingerprint density at radius 2 is 1.78 bits per heavy atom. The van der Waals surface area contributed by atoms with Gasteiger partial charge in [0.25, 0.3) is 5.91 Å². The summed E-state index contributed by atoms with van der Waals surface area (Å²) in [6.45, 7) is 0.196. The molecule has 2 aromatic heterocycles. The summed E-state index contributed by atoms with van der Waals surface area (Å²) in [5.41, 5.74) is 1.76. The number of amides is 1. The lowest BCUT2D eigenvalue weighted by molar-refractivity contribution is 0.0950. The van der Waals surface area contributed by atoms with Gasteiger partial charge in [0, 0.05) is 32.1 Å². The Morgan fingerprint density at radius 3 is 2.41 bits per heavy atom. The van der Waals surface area contributed by atoms with Gasteiger partial charge in [-0.3, -0.25) is 9.78 Å². The predicted molar refractivity (Wildman–Crippen MR) is 97.6 cm³/mol. The van der Waals surface area contributed by atoms with Crippen LogP contribution in [-0.2, 0) is 16.6 Å². The number of carbonyl (C=O) groups is 1. The number of rotatable bonds is 6. The fourth-order valence-corrected chi connectivity index (χ4v) is 3.17. The van der Waals surface area contributed by atoms with Crippen molar-refractivity contribution in [3.05, 3.63) is 66.2 Å². The molecule has 0 saturated heterocycles. The van der Waals surface area contributed by atoms with Crippen molar-refractivity contribution in [3.8, 4) is 5.69 Å². The molecule has 0 aliphatic carbocycles. The molecule has 0 radical (unpaired) electrons. The van der Waals surface area contributed by atoms with E-state index in [0.29, 0.717) is 11.3 Å². The monoisotopic (exact) mass is 386 g/mol. The molecule has 3 rings (SSSR count). The number of hydrogen-bond acceptors (Lipinski definition) is 6. The summed E-state index contributed by atoms with van der Waals surface area (Å²) in [5, 5.41) is 10.8. The van der Waals surface area contributed by atoms with Gasteiger partial charge in [-0.1, -0.05) is 5.21 Å². The van der Waals surface area contributed by atoms with Crippen molar-refractivity contribution in [1.82, 2.24) is 29.6 Å². The van der Waals surface area contributed by atoms with E-state index in [9.17, 15) is 13.2 Å². The van der Waals surface area contributed by atoms with Crippen LogP contribution in [0.4, 0.5) is 0 Å². The standard InChI is InChI=1S/C17H18N6O3S/c1-22(2)27(25,26)16-5-3-13(4-6-16)17(24)19-11-14-12-23(21-20-14)15-7-9-18-10-8-15/h3-10,12H,11H2,1-2H3,(H,19,24). The summed E-state index contributed by atoms with van der Waals surface area (Å²) in [6, 6.07) is 9.34. The molecular weight excluding hydrogens is 368 g/mol. The van der Waals surface area contributed by atoms with Crippen molar-refractivity contribution >= 4 is 15.9 Å². The zero-order valence-electron chi connectivity index (χ0n) is 14.8. The summed E-state index contributed by atoms with van der Waals surface area (Å²) in [4.78, 5) is 16.3. The molecule has 140 valence electrons. The molecule has 0 aliphatic rings. The number of sulfonamides is 1. The van der Waals surface area contributed by atoms with E-state index in [1.165, 1.54) is 38.4 Å². The van der Waals surface area contributed by atoms with Gasteiger partial charge in [0.2, 0.25) is 10.0 Å². The Bertz CT molecular complexity index is 1030. The summed E-state index contributed by atoms with van der Waals surface area (Å²) in [5.74, 6) is -0.331. The predicted octanol–water partition coefficient (Wildman–Crippen LogP) is 0.843. The van der Waals surface area contributed by atoms with E-state index in [4.69, 9.17) is 0 Å². The van der Waals surface area contributed by atoms with Gasteiger partial charge in [0.05, 0.1) is 23.3 Å². The van der Waals surface area contributed by atoms with Crippen LogP contribution in [0.1, 0.15) is 16.1 Å². The first-order valence-corrected chi connectivity index (χ1v) is 9.44. The van der Waals surface area contributed by atoms with Gasteiger partial charge in [-0.15, -0.1) is 5.10 Å². The van der Waals surface area contributed by atoms with Crippen LogP contribution in [0, 0.1) is 0 Å². The lowest BCUT2D eigenvalue weighted by atomic mass is 10.2. The Morgan fingerprint density at radius 1 is 1.11 bits per heavy atom. The number of benzene rings is 1. The van der Waals surface area contributed by atoms with Crippen LogP contribution < -0.4 is 5.32 Å². The minimum atomic E-state index is -3.52. The van der Waals surface area contributed by atoms with Crippen molar-refractivity contribution in [1.29, 1.82) is 0 Å². The SMILES string of the molecule is CN(C)S(=O)(=O)c1ccc(C(=O)NCc2cn(-c3ccncc3)nn2)cc1. The Balaban J connectivity index is 1.64. The van der Waals surface area contributed by atoms with Crippen LogP contribution in [0.3, 0.4) is 0 Å². The highest BCUT2D eigenvalue weighted by molar-refractivity contribution is 7.89. The highest BCUT2D eigenvalue weighted by Gasteiger charge is 2.17. The van der Waals surface area contributed by atoms with E-state index in [2.05, 4.69) is 20.6 Å². The van der Waals surface area contributed by atoms with E-state index < -0.39 is 10.0 Å². The molecule has 3 aromatic rings. The average Bonchev–Trinajstić information content (AvgIpc) is 3.16. The highest BCUT2D eigenvalue weighted by atomic mass is 32.2. The molecule has 0 spiro atoms. The number of nitrogens with zero attached hydrogens (tertiary/aromatic N) is 5. The van der Waals surface area contributed by atoms with Gasteiger partial charge in [0.15, 0.2) is 0 Å². The minimum Gasteiger partial charge on any atom is -0.346 e. The molecule has 2 heterocycles. The number of carbonyl (C=O) groups excluding carboxylic acids is 1. The lowest BCUT2D eigenvalue weighted by Gasteiger charge is -2.11. The van der Waals surface area contributed by atoms with Crippen molar-refractivity contribution in [2.75, 3.05) is 14.1 Å². The second kappa shape index (κ2) is 7.64. The van der Waals surface area contributed by atoms with Crippen LogP contribution in [-0.4, -0.2) is 52.7 Å². The van der Waals surface area contributed by atoms with Gasteiger partial charge < -0.3 is 5.32 Å². The zero-order valence-corrected chi connectivity index (χ0v) is 15.6. The smallest absolute Gasteiger partial charge is 0.251 e. The topological polar surface area (TPSA) is 110 Å². The van der Waals surface area contributed by atoms with E-state index >= 15 is 0 Å². The second-order valence-corrected chi connectivity index (χ2v) is 8.01. The summed E-state index contributed by atoms with van der Waals surface area (Å²) >= 11 is 0. The van der Waals surface area contributed by atoms with Gasteiger partial charge >= 0.3 is 0 Å². The first kappa shape index (κ1) is 18.7. The fourth-order valence-electron chi connectivity index (χ4n) is 2.26. The molecule has 0 aliphatic heterocycles. The van der Waals surface area contributed by atoms with Crippen molar-refractivity contribution in [3.63, 3.8) is 0 Å². The third-order valence-electron chi connectivity index (χ3n) is 3.79. The number of hydrogen-bond donors (Lipinski definition) is 1. The van der Waals surface area contributed by atoms with E-state index in [0.717, 1.165) is 9.99 Å². The van der Waals surface area contributed by atoms with E-state index in [1.807, 2.05) is 0 Å². The number of nitrogens with one attached hydrogen (secondary N) is 1. The van der Waals surface area contributed by atoms with Crippen LogP contribution in [0.25, 0.3) is 5.69 Å². The first-order valence-electron chi connectivity index (χ1n) is 8.00. The molecule has 0 bridgehead atoms. The van der Waals surface area contributed by atoms with Gasteiger partial charge in [-0.05, 0) is 36.4 Å². The zero-order chi connectivity index (χ0) is 19.4. The van der Waals surface area contributed by atoms with E-state index in [1.54, 1.807) is 35.4 Å². The third kappa shape index (κ3) is 4.18. The molecule has 0 saturated carbocycles. The third-order valence-corrected chi connectivity index (χ3v) is 5.62. The Labute approximate surface area is 156 Å². The van der Waals surface area contributed by atoms with Crippen LogP contribution in [0.2, 0.25) is 0 Å². The molecule has 0 fully saturated rings. The normalized spacial score (nSPS) is 11.5. The molecule has 27 heavy (non-hydrogen) atoms. The summed E-state index contributed by atoms with van der Waals surface area (Å²) in [6.07, 6.45) is 5.01. The Hall–Kier alpha value is -3.11. The molecule has 10 heteroatoms. The van der Waals surface area contributed by atoms with Crippen LogP contribution in [0.5, 0.6) is 0 Å². The molecule has 1 aromatic carbocycles. The average molecular weight is 386 g/mol. The molecule has 1 amide bonds. The van der Waals surface area contributed by atoms with Gasteiger partial charge in [-0.2, -0.15) is 0 Å². The molecule has 0 atom stereocenters. The number of aromatic nitrogens is 4. The van der Waals surface area contributed by atoms with E-state index in [-0.39, 0.29) is 17.3 Å². The number of pyridine rings is 1. The van der Waals surface area contributed by atoms with Gasteiger partial charge in [0.1, 0.15) is 5.69 Å². The molecular formula is C17H18N6O3S. The largest absolute Gasteiger partial charge is 0.346 e. The lowest BCUT2D eigenvalue weighted by Crippen LogP contribution is -2.24. The van der Waals surface area contributed by atoms with Crippen molar-refractivity contribution in [2.24, 2.45) is 0 Å². The maximum Gasteiger partial charge on any atom is 0.251 e. The Kier molecular flexibility index (Phi) is 5.28. The summed E-state index contributed by atoms with van der Waals surface area (Å²) in [7, 11) is -0.615. The molecule has 0 unspecified atom stereocenters. The van der Waals surface area contributed by atoms with Crippen LogP contribution >= 0.6 is 0 Å². The van der Waals surface area contributed by atoms with Crippen LogP contribution in [0.15, 0.2) is 59.9 Å². The molecule has 9 nitrogen and oxygen atoms in total. The minimum absolute atomic E-state index is 0.129.